The van der Waals surface area contributed by atoms with Crippen molar-refractivity contribution in [1.82, 2.24) is 0 Å². The molecule has 0 saturated carbocycles. The second-order valence-corrected chi connectivity index (χ2v) is 13.1. The normalized spacial score (nSPS) is 13.5. The van der Waals surface area contributed by atoms with E-state index < -0.39 is 24.6 Å². The second-order valence-electron chi connectivity index (χ2n) is 13.1. The Hall–Kier alpha value is -5.56. The van der Waals surface area contributed by atoms with Gasteiger partial charge in [-0.25, -0.2) is 4.79 Å². The van der Waals surface area contributed by atoms with E-state index in [1.54, 1.807) is 18.2 Å². The summed E-state index contributed by atoms with van der Waals surface area (Å²) < 4.78 is 46.5. The number of aryl methyl sites for hydroxylation is 5. The van der Waals surface area contributed by atoms with Crippen LogP contribution in [0.25, 0.3) is 17.3 Å². The third-order valence-corrected chi connectivity index (χ3v) is 9.51. The van der Waals surface area contributed by atoms with Gasteiger partial charge < -0.3 is 9.55 Å². The SMILES string of the molecule is COC(=O)c1ccc(N2B(c3c(C)cc(C)cc3C)C(/C=C/c3ccccc3)=C(c3ccccc3C)C=C2c2ccc(C(F)(F)F)cc2)cc1C. The van der Waals surface area contributed by atoms with Gasteiger partial charge in [0.15, 0.2) is 0 Å². The Morgan fingerprint density at radius 2 is 1.37 bits per heavy atom. The standard InChI is InChI=1S/C44H39BF3NO2/c1-28-24-31(4)42(32(5)25-28)45-40(23-16-33-13-8-7-9-14-33)39(37-15-11-10-12-29(37)2)27-41(34-17-19-35(20-18-34)44(46,47)48)49(45)36-21-22-38(30(3)26-36)43(50)51-6/h7-27H,1-6H3/b23-16+. The summed E-state index contributed by atoms with van der Waals surface area (Å²) in [6.45, 7) is 9.83. The van der Waals surface area contributed by atoms with E-state index in [0.717, 1.165) is 79.0 Å². The molecular formula is C44H39BF3NO2. The molecule has 0 aliphatic carbocycles. The van der Waals surface area contributed by atoms with Gasteiger partial charge in [-0.3, -0.25) is 0 Å². The van der Waals surface area contributed by atoms with Crippen LogP contribution in [0.4, 0.5) is 18.9 Å². The fraction of sp³-hybridized carbons (Fsp3) is 0.159. The quantitative estimate of drug-likeness (QED) is 0.127. The lowest BCUT2D eigenvalue weighted by atomic mass is 9.43. The number of carbonyl (C=O) groups is 1. The summed E-state index contributed by atoms with van der Waals surface area (Å²) in [5, 5.41) is 0. The van der Waals surface area contributed by atoms with Gasteiger partial charge in [-0.05, 0) is 115 Å². The van der Waals surface area contributed by atoms with Crippen LogP contribution in [-0.2, 0) is 10.9 Å². The van der Waals surface area contributed by atoms with Gasteiger partial charge in [-0.2, -0.15) is 13.2 Å². The summed E-state index contributed by atoms with van der Waals surface area (Å²) in [7, 11) is 1.36. The van der Waals surface area contributed by atoms with Crippen LogP contribution in [0.5, 0.6) is 0 Å². The predicted octanol–water partition coefficient (Wildman–Crippen LogP) is 10.5. The molecule has 0 N–H and O–H groups in total. The van der Waals surface area contributed by atoms with E-state index in [4.69, 9.17) is 4.74 Å². The number of hydrogen-bond donors (Lipinski definition) is 0. The average Bonchev–Trinajstić information content (AvgIpc) is 3.10. The van der Waals surface area contributed by atoms with Crippen molar-refractivity contribution in [3.63, 3.8) is 0 Å². The lowest BCUT2D eigenvalue weighted by Crippen LogP contribution is -2.53. The van der Waals surface area contributed by atoms with Crippen LogP contribution < -0.4 is 10.3 Å². The van der Waals surface area contributed by atoms with Crippen molar-refractivity contribution >= 4 is 41.3 Å². The molecule has 5 aromatic carbocycles. The number of hydrogen-bond acceptors (Lipinski definition) is 3. The highest BCUT2D eigenvalue weighted by atomic mass is 19.4. The maximum absolute atomic E-state index is 13.8. The Morgan fingerprint density at radius 3 is 1.98 bits per heavy atom. The van der Waals surface area contributed by atoms with Crippen molar-refractivity contribution in [2.75, 3.05) is 11.9 Å². The number of rotatable bonds is 7. The summed E-state index contributed by atoms with van der Waals surface area (Å²) >= 11 is 0. The molecule has 0 radical (unpaired) electrons. The summed E-state index contributed by atoms with van der Waals surface area (Å²) in [4.78, 5) is 14.9. The van der Waals surface area contributed by atoms with Crippen molar-refractivity contribution in [2.24, 2.45) is 0 Å². The Morgan fingerprint density at radius 1 is 0.725 bits per heavy atom. The second kappa shape index (κ2) is 14.4. The molecule has 0 atom stereocenters. The summed E-state index contributed by atoms with van der Waals surface area (Å²) in [6.07, 6.45) is 1.90. The highest BCUT2D eigenvalue weighted by Crippen LogP contribution is 2.42. The van der Waals surface area contributed by atoms with Crippen molar-refractivity contribution in [3.05, 3.63) is 182 Å². The van der Waals surface area contributed by atoms with Crippen LogP contribution >= 0.6 is 0 Å². The van der Waals surface area contributed by atoms with E-state index >= 15 is 0 Å². The van der Waals surface area contributed by atoms with E-state index in [1.807, 2.05) is 49.4 Å². The first-order chi connectivity index (χ1) is 24.4. The molecule has 0 amide bonds. The Balaban J connectivity index is 1.74. The van der Waals surface area contributed by atoms with Gasteiger partial charge in [-0.15, -0.1) is 0 Å². The molecule has 256 valence electrons. The average molecular weight is 682 g/mol. The van der Waals surface area contributed by atoms with Crippen molar-refractivity contribution < 1.29 is 22.7 Å². The first kappa shape index (κ1) is 35.3. The van der Waals surface area contributed by atoms with Crippen LogP contribution in [0, 0.1) is 34.6 Å². The Labute approximate surface area is 298 Å². The molecule has 1 aliphatic rings. The Kier molecular flexibility index (Phi) is 9.93. The minimum absolute atomic E-state index is 0.411. The fourth-order valence-electron chi connectivity index (χ4n) is 7.14. The van der Waals surface area contributed by atoms with E-state index in [0.29, 0.717) is 11.1 Å². The van der Waals surface area contributed by atoms with Gasteiger partial charge >= 0.3 is 19.0 Å². The zero-order valence-electron chi connectivity index (χ0n) is 29.6. The molecule has 0 aromatic heterocycles. The number of anilines is 1. The smallest absolute Gasteiger partial charge is 0.416 e. The molecule has 51 heavy (non-hydrogen) atoms. The number of alkyl halides is 3. The number of halogens is 3. The maximum atomic E-state index is 13.8. The third kappa shape index (κ3) is 7.20. The molecule has 3 nitrogen and oxygen atoms in total. The highest BCUT2D eigenvalue weighted by Gasteiger charge is 2.39. The molecule has 0 bridgehead atoms. The topological polar surface area (TPSA) is 29.5 Å². The third-order valence-electron chi connectivity index (χ3n) is 9.51. The molecule has 1 heterocycles. The first-order valence-corrected chi connectivity index (χ1v) is 16.9. The lowest BCUT2D eigenvalue weighted by molar-refractivity contribution is -0.137. The molecule has 6 rings (SSSR count). The molecule has 1 aliphatic heterocycles. The van der Waals surface area contributed by atoms with E-state index in [-0.39, 0.29) is 0 Å². The van der Waals surface area contributed by atoms with E-state index in [1.165, 1.54) is 7.11 Å². The number of methoxy groups -OCH3 is 1. The summed E-state index contributed by atoms with van der Waals surface area (Å²) in [5.74, 6) is -0.439. The molecule has 0 unspecified atom stereocenters. The van der Waals surface area contributed by atoms with Gasteiger partial charge in [0.25, 0.3) is 0 Å². The number of benzene rings is 5. The minimum atomic E-state index is -4.47. The van der Waals surface area contributed by atoms with Crippen LogP contribution in [0.3, 0.4) is 0 Å². The zero-order valence-corrected chi connectivity index (χ0v) is 29.6. The summed E-state index contributed by atoms with van der Waals surface area (Å²) in [5.41, 5.74) is 12.1. The molecule has 0 fully saturated rings. The van der Waals surface area contributed by atoms with Crippen LogP contribution in [0.15, 0.2) is 127 Å². The van der Waals surface area contributed by atoms with Crippen LogP contribution in [0.2, 0.25) is 0 Å². The van der Waals surface area contributed by atoms with E-state index in [9.17, 15) is 18.0 Å². The van der Waals surface area contributed by atoms with Gasteiger partial charge in [0.05, 0.1) is 18.2 Å². The first-order valence-electron chi connectivity index (χ1n) is 16.9. The van der Waals surface area contributed by atoms with Gasteiger partial charge in [0.1, 0.15) is 0 Å². The van der Waals surface area contributed by atoms with Gasteiger partial charge in [0.2, 0.25) is 0 Å². The predicted molar refractivity (Wildman–Crippen MR) is 204 cm³/mol. The summed E-state index contributed by atoms with van der Waals surface area (Å²) in [6, 6.07) is 33.6. The zero-order chi connectivity index (χ0) is 36.4. The maximum Gasteiger partial charge on any atom is 0.416 e. The molecule has 5 aromatic rings. The van der Waals surface area contributed by atoms with Gasteiger partial charge in [0, 0.05) is 11.4 Å². The minimum Gasteiger partial charge on any atom is -0.465 e. The van der Waals surface area contributed by atoms with E-state index in [2.05, 4.69) is 87.1 Å². The number of esters is 1. The monoisotopic (exact) mass is 681 g/mol. The van der Waals surface area contributed by atoms with Gasteiger partial charge in [-0.1, -0.05) is 108 Å². The largest absolute Gasteiger partial charge is 0.465 e. The Bertz CT molecular complexity index is 2180. The fourth-order valence-corrected chi connectivity index (χ4v) is 7.14. The lowest BCUT2D eigenvalue weighted by Gasteiger charge is -2.40. The van der Waals surface area contributed by atoms with Crippen molar-refractivity contribution in [3.8, 4) is 0 Å². The van der Waals surface area contributed by atoms with Crippen molar-refractivity contribution in [2.45, 2.75) is 40.8 Å². The molecular weight excluding hydrogens is 642 g/mol. The molecule has 0 spiro atoms. The molecule has 0 saturated heterocycles. The van der Waals surface area contributed by atoms with Crippen molar-refractivity contribution in [1.29, 1.82) is 0 Å². The number of ether oxygens (including phenoxy) is 1. The number of nitrogens with zero attached hydrogens (tertiary/aromatic N) is 1. The van der Waals surface area contributed by atoms with Crippen LogP contribution in [0.1, 0.15) is 60.4 Å². The highest BCUT2D eigenvalue weighted by molar-refractivity contribution is 6.87. The number of carbonyl (C=O) groups excluding carboxylic acids is 1. The molecule has 7 heteroatoms. The van der Waals surface area contributed by atoms with Crippen LogP contribution in [-0.4, -0.2) is 19.9 Å². The number of allylic oxidation sites excluding steroid dienone is 4.